The Morgan fingerprint density at radius 2 is 1.83 bits per heavy atom. The molecule has 9 heteroatoms. The van der Waals surface area contributed by atoms with Crippen LogP contribution >= 0.6 is 11.3 Å². The number of hydrogen-bond donors (Lipinski definition) is 1. The van der Waals surface area contributed by atoms with Gasteiger partial charge in [-0.05, 0) is 30.0 Å². The lowest BCUT2D eigenvalue weighted by atomic mass is 10.3. The number of thiophene rings is 1. The molecule has 29 heavy (non-hydrogen) atoms. The average molecular weight is 409 g/mol. The zero-order valence-electron chi connectivity index (χ0n) is 15.6. The SMILES string of the molecule is O=C(NCCCN1C(=O)CCC1=O)c1nc(-c2cccs2)n(-c2ccccc2)n1. The van der Waals surface area contributed by atoms with Crippen LogP contribution < -0.4 is 5.32 Å². The summed E-state index contributed by atoms with van der Waals surface area (Å²) in [5.74, 6) is -0.0119. The molecule has 0 saturated carbocycles. The van der Waals surface area contributed by atoms with E-state index >= 15 is 0 Å². The Labute approximate surface area is 171 Å². The number of benzene rings is 1. The normalized spacial score (nSPS) is 13.9. The van der Waals surface area contributed by atoms with Crippen LogP contribution in [0, 0.1) is 0 Å². The number of carbonyl (C=O) groups is 3. The Kier molecular flexibility index (Phi) is 5.48. The first-order valence-corrected chi connectivity index (χ1v) is 10.2. The van der Waals surface area contributed by atoms with Gasteiger partial charge in [0.1, 0.15) is 0 Å². The van der Waals surface area contributed by atoms with E-state index in [0.717, 1.165) is 10.6 Å². The second-order valence-corrected chi connectivity index (χ2v) is 7.48. The predicted molar refractivity (Wildman–Crippen MR) is 108 cm³/mol. The molecule has 1 aliphatic rings. The van der Waals surface area contributed by atoms with Gasteiger partial charge in [0, 0.05) is 25.9 Å². The van der Waals surface area contributed by atoms with Crippen LogP contribution in [0.3, 0.4) is 0 Å². The molecule has 0 atom stereocenters. The number of nitrogens with one attached hydrogen (secondary N) is 1. The molecule has 0 radical (unpaired) electrons. The van der Waals surface area contributed by atoms with Crippen molar-refractivity contribution in [1.29, 1.82) is 0 Å². The lowest BCUT2D eigenvalue weighted by Gasteiger charge is -2.13. The van der Waals surface area contributed by atoms with Crippen molar-refractivity contribution in [1.82, 2.24) is 25.0 Å². The van der Waals surface area contributed by atoms with Gasteiger partial charge < -0.3 is 5.32 Å². The maximum absolute atomic E-state index is 12.5. The van der Waals surface area contributed by atoms with Crippen molar-refractivity contribution in [2.45, 2.75) is 19.3 Å². The molecule has 0 aliphatic carbocycles. The quantitative estimate of drug-likeness (QED) is 0.477. The third-order valence-corrected chi connectivity index (χ3v) is 5.42. The summed E-state index contributed by atoms with van der Waals surface area (Å²) in [5.41, 5.74) is 0.813. The van der Waals surface area contributed by atoms with Crippen LogP contribution in [0.2, 0.25) is 0 Å². The van der Waals surface area contributed by atoms with Crippen LogP contribution in [0.25, 0.3) is 16.4 Å². The van der Waals surface area contributed by atoms with Gasteiger partial charge in [-0.15, -0.1) is 16.4 Å². The second-order valence-electron chi connectivity index (χ2n) is 6.53. The Hall–Kier alpha value is -3.33. The van der Waals surface area contributed by atoms with Gasteiger partial charge in [0.15, 0.2) is 5.82 Å². The number of likely N-dealkylation sites (tertiary alicyclic amines) is 1. The third-order valence-electron chi connectivity index (χ3n) is 4.55. The number of rotatable bonds is 7. The molecule has 0 unspecified atom stereocenters. The van der Waals surface area contributed by atoms with Gasteiger partial charge in [-0.3, -0.25) is 19.3 Å². The molecule has 2 aromatic heterocycles. The van der Waals surface area contributed by atoms with E-state index in [4.69, 9.17) is 0 Å². The lowest BCUT2D eigenvalue weighted by Crippen LogP contribution is -2.33. The highest BCUT2D eigenvalue weighted by Gasteiger charge is 2.28. The molecule has 3 amide bonds. The van der Waals surface area contributed by atoms with Crippen LogP contribution in [0.5, 0.6) is 0 Å². The molecule has 3 heterocycles. The minimum Gasteiger partial charge on any atom is -0.349 e. The number of hydrogen-bond acceptors (Lipinski definition) is 6. The number of imide groups is 1. The van der Waals surface area contributed by atoms with E-state index < -0.39 is 5.91 Å². The second kappa shape index (κ2) is 8.36. The molecular weight excluding hydrogens is 390 g/mol. The number of nitrogens with zero attached hydrogens (tertiary/aromatic N) is 4. The number of aromatic nitrogens is 3. The standard InChI is InChI=1S/C20H19N5O3S/c26-16-9-10-17(27)24(16)12-5-11-21-20(28)18-22-19(15-8-4-13-29-15)25(23-18)14-6-2-1-3-7-14/h1-4,6-8,13H,5,9-12H2,(H,21,28). The zero-order valence-corrected chi connectivity index (χ0v) is 16.4. The Balaban J connectivity index is 1.45. The van der Waals surface area contributed by atoms with Crippen molar-refractivity contribution < 1.29 is 14.4 Å². The number of amides is 3. The molecule has 0 spiro atoms. The first-order chi connectivity index (χ1) is 14.1. The van der Waals surface area contributed by atoms with Crippen LogP contribution in [0.1, 0.15) is 29.9 Å². The summed E-state index contributed by atoms with van der Waals surface area (Å²) in [6.07, 6.45) is 1.04. The van der Waals surface area contributed by atoms with Crippen LogP contribution in [0.15, 0.2) is 47.8 Å². The van der Waals surface area contributed by atoms with E-state index in [1.54, 1.807) is 4.68 Å². The van der Waals surface area contributed by atoms with E-state index in [0.29, 0.717) is 25.3 Å². The van der Waals surface area contributed by atoms with E-state index in [2.05, 4.69) is 15.4 Å². The molecule has 1 saturated heterocycles. The summed E-state index contributed by atoms with van der Waals surface area (Å²) in [6.45, 7) is 0.633. The molecule has 1 aromatic carbocycles. The van der Waals surface area contributed by atoms with E-state index in [9.17, 15) is 14.4 Å². The minimum atomic E-state index is -0.392. The average Bonchev–Trinajstić information content (AvgIpc) is 3.47. The summed E-state index contributed by atoms with van der Waals surface area (Å²) in [7, 11) is 0. The molecule has 3 aromatic rings. The molecular formula is C20H19N5O3S. The third kappa shape index (κ3) is 4.09. The molecule has 0 bridgehead atoms. The van der Waals surface area contributed by atoms with Crippen LogP contribution in [-0.4, -0.2) is 50.5 Å². The number of carbonyl (C=O) groups excluding carboxylic acids is 3. The maximum atomic E-state index is 12.5. The maximum Gasteiger partial charge on any atom is 0.290 e. The highest BCUT2D eigenvalue weighted by Crippen LogP contribution is 2.25. The summed E-state index contributed by atoms with van der Waals surface area (Å²) in [5, 5.41) is 9.11. The van der Waals surface area contributed by atoms with E-state index in [1.807, 2.05) is 47.8 Å². The Bertz CT molecular complexity index is 1010. The van der Waals surface area contributed by atoms with Crippen molar-refractivity contribution >= 4 is 29.1 Å². The van der Waals surface area contributed by atoms with Gasteiger partial charge in [-0.25, -0.2) is 9.67 Å². The van der Waals surface area contributed by atoms with E-state index in [1.165, 1.54) is 16.2 Å². The summed E-state index contributed by atoms with van der Waals surface area (Å²) < 4.78 is 1.66. The van der Waals surface area contributed by atoms with Crippen molar-refractivity contribution in [3.8, 4) is 16.4 Å². The van der Waals surface area contributed by atoms with Gasteiger partial charge in [-0.2, -0.15) is 0 Å². The lowest BCUT2D eigenvalue weighted by molar-refractivity contribution is -0.138. The zero-order chi connectivity index (χ0) is 20.2. The monoisotopic (exact) mass is 409 g/mol. The first-order valence-electron chi connectivity index (χ1n) is 9.31. The Morgan fingerprint density at radius 1 is 1.07 bits per heavy atom. The van der Waals surface area contributed by atoms with Gasteiger partial charge in [0.25, 0.3) is 5.91 Å². The predicted octanol–water partition coefficient (Wildman–Crippen LogP) is 2.26. The fourth-order valence-electron chi connectivity index (χ4n) is 3.11. The summed E-state index contributed by atoms with van der Waals surface area (Å²) >= 11 is 1.52. The van der Waals surface area contributed by atoms with Crippen molar-refractivity contribution in [2.24, 2.45) is 0 Å². The van der Waals surface area contributed by atoms with E-state index in [-0.39, 0.29) is 30.5 Å². The molecule has 1 N–H and O–H groups in total. The fraction of sp³-hybridized carbons (Fsp3) is 0.250. The summed E-state index contributed by atoms with van der Waals surface area (Å²) in [4.78, 5) is 42.4. The van der Waals surface area contributed by atoms with Gasteiger partial charge >= 0.3 is 0 Å². The first kappa shape index (κ1) is 19.0. The molecule has 148 valence electrons. The Morgan fingerprint density at radius 3 is 2.52 bits per heavy atom. The molecule has 1 fully saturated rings. The largest absolute Gasteiger partial charge is 0.349 e. The summed E-state index contributed by atoms with van der Waals surface area (Å²) in [6, 6.07) is 13.4. The topological polar surface area (TPSA) is 97.2 Å². The minimum absolute atomic E-state index is 0.0746. The van der Waals surface area contributed by atoms with Crippen LogP contribution in [-0.2, 0) is 9.59 Å². The van der Waals surface area contributed by atoms with Crippen molar-refractivity contribution in [2.75, 3.05) is 13.1 Å². The van der Waals surface area contributed by atoms with Gasteiger partial charge in [0.2, 0.25) is 17.6 Å². The molecule has 4 rings (SSSR count). The van der Waals surface area contributed by atoms with Gasteiger partial charge in [-0.1, -0.05) is 24.3 Å². The van der Waals surface area contributed by atoms with Gasteiger partial charge in [0.05, 0.1) is 10.6 Å². The van der Waals surface area contributed by atoms with Crippen LogP contribution in [0.4, 0.5) is 0 Å². The number of para-hydroxylation sites is 1. The van der Waals surface area contributed by atoms with Crippen molar-refractivity contribution in [3.63, 3.8) is 0 Å². The van der Waals surface area contributed by atoms with Crippen molar-refractivity contribution in [3.05, 3.63) is 53.7 Å². The molecule has 1 aliphatic heterocycles. The molecule has 8 nitrogen and oxygen atoms in total. The smallest absolute Gasteiger partial charge is 0.290 e. The highest BCUT2D eigenvalue weighted by atomic mass is 32.1. The fourth-order valence-corrected chi connectivity index (χ4v) is 3.81. The highest BCUT2D eigenvalue weighted by molar-refractivity contribution is 7.13.